The lowest BCUT2D eigenvalue weighted by Crippen LogP contribution is -2.46. The van der Waals surface area contributed by atoms with Gasteiger partial charge in [-0.15, -0.1) is 0 Å². The first-order chi connectivity index (χ1) is 7.08. The van der Waals surface area contributed by atoms with Gasteiger partial charge in [-0.05, 0) is 34.1 Å². The summed E-state index contributed by atoms with van der Waals surface area (Å²) in [7, 11) is 0. The van der Waals surface area contributed by atoms with Crippen molar-refractivity contribution < 1.29 is 9.90 Å². The van der Waals surface area contributed by atoms with Crippen molar-refractivity contribution in [3.8, 4) is 0 Å². The van der Waals surface area contributed by atoms with E-state index >= 15 is 0 Å². The average molecular weight is 216 g/mol. The molecule has 0 saturated carbocycles. The van der Waals surface area contributed by atoms with Crippen LogP contribution in [0.15, 0.2) is 0 Å². The number of urea groups is 1. The number of aliphatic hydroxyl groups is 1. The molecule has 0 fully saturated rings. The quantitative estimate of drug-likeness (QED) is 0.732. The van der Waals surface area contributed by atoms with Crippen molar-refractivity contribution in [1.82, 2.24) is 9.80 Å². The molecule has 0 unspecified atom stereocenters. The van der Waals surface area contributed by atoms with Gasteiger partial charge in [-0.3, -0.25) is 0 Å². The second kappa shape index (κ2) is 7.51. The number of hydrogen-bond acceptors (Lipinski definition) is 2. The predicted molar refractivity (Wildman–Crippen MR) is 61.9 cm³/mol. The number of aliphatic hydroxyl groups excluding tert-OH is 1. The molecule has 4 nitrogen and oxygen atoms in total. The van der Waals surface area contributed by atoms with Crippen LogP contribution in [0, 0.1) is 0 Å². The smallest absolute Gasteiger partial charge is 0.320 e. The Balaban J connectivity index is 4.39. The Hall–Kier alpha value is -0.770. The van der Waals surface area contributed by atoms with Crippen LogP contribution in [0.2, 0.25) is 0 Å². The summed E-state index contributed by atoms with van der Waals surface area (Å²) < 4.78 is 0. The van der Waals surface area contributed by atoms with E-state index in [9.17, 15) is 4.79 Å². The van der Waals surface area contributed by atoms with Crippen molar-refractivity contribution in [3.05, 3.63) is 0 Å². The maximum atomic E-state index is 12.0. The van der Waals surface area contributed by atoms with Gasteiger partial charge in [0.15, 0.2) is 0 Å². The second-order valence-corrected chi connectivity index (χ2v) is 3.82. The van der Waals surface area contributed by atoms with Crippen molar-refractivity contribution in [1.29, 1.82) is 0 Å². The van der Waals surface area contributed by atoms with Crippen LogP contribution in [0.25, 0.3) is 0 Å². The average Bonchev–Trinajstić information content (AvgIpc) is 2.19. The van der Waals surface area contributed by atoms with E-state index in [1.54, 1.807) is 4.90 Å². The molecule has 0 bridgehead atoms. The van der Waals surface area contributed by atoms with Gasteiger partial charge in [-0.2, -0.15) is 0 Å². The molecule has 1 N–H and O–H groups in total. The van der Waals surface area contributed by atoms with E-state index < -0.39 is 0 Å². The minimum Gasteiger partial charge on any atom is -0.396 e. The largest absolute Gasteiger partial charge is 0.396 e. The highest BCUT2D eigenvalue weighted by Crippen LogP contribution is 2.05. The molecule has 2 amide bonds. The van der Waals surface area contributed by atoms with Crippen LogP contribution in [0.5, 0.6) is 0 Å². The fraction of sp³-hybridized carbons (Fsp3) is 0.909. The Morgan fingerprint density at radius 1 is 1.27 bits per heavy atom. The summed E-state index contributed by atoms with van der Waals surface area (Å²) in [6.45, 7) is 10.2. The topological polar surface area (TPSA) is 43.8 Å². The Morgan fingerprint density at radius 2 is 1.80 bits per heavy atom. The molecule has 90 valence electrons. The van der Waals surface area contributed by atoms with E-state index in [0.717, 1.165) is 13.1 Å². The highest BCUT2D eigenvalue weighted by molar-refractivity contribution is 5.74. The lowest BCUT2D eigenvalue weighted by atomic mass is 10.3. The zero-order chi connectivity index (χ0) is 11.8. The normalized spacial score (nSPS) is 10.5. The monoisotopic (exact) mass is 216 g/mol. The minimum absolute atomic E-state index is 0.0726. The van der Waals surface area contributed by atoms with Gasteiger partial charge in [-0.25, -0.2) is 4.79 Å². The molecule has 0 aromatic rings. The molecular weight excluding hydrogens is 192 g/mol. The molecule has 0 aliphatic heterocycles. The van der Waals surface area contributed by atoms with E-state index in [-0.39, 0.29) is 18.7 Å². The maximum absolute atomic E-state index is 12.0. The summed E-state index contributed by atoms with van der Waals surface area (Å²) in [6, 6.07) is 0.258. The fourth-order valence-electron chi connectivity index (χ4n) is 1.49. The Labute approximate surface area is 92.9 Å². The van der Waals surface area contributed by atoms with Crippen LogP contribution >= 0.6 is 0 Å². The fourth-order valence-corrected chi connectivity index (χ4v) is 1.49. The van der Waals surface area contributed by atoms with Crippen molar-refractivity contribution in [2.45, 2.75) is 40.2 Å². The Bertz CT molecular complexity index is 179. The Kier molecular flexibility index (Phi) is 7.13. The SMILES string of the molecule is CCN(CC)C(=O)N(CCCO)C(C)C. The van der Waals surface area contributed by atoms with Crippen molar-refractivity contribution >= 4 is 6.03 Å². The minimum atomic E-state index is 0.0726. The second-order valence-electron chi connectivity index (χ2n) is 3.82. The molecule has 15 heavy (non-hydrogen) atoms. The summed E-state index contributed by atoms with van der Waals surface area (Å²) in [5.74, 6) is 0. The molecule has 0 saturated heterocycles. The Morgan fingerprint density at radius 3 is 2.13 bits per heavy atom. The van der Waals surface area contributed by atoms with Crippen LogP contribution in [-0.4, -0.2) is 53.2 Å². The van der Waals surface area contributed by atoms with Gasteiger partial charge in [0.1, 0.15) is 0 Å². The number of carbonyl (C=O) groups excluding carboxylic acids is 1. The van der Waals surface area contributed by atoms with E-state index in [4.69, 9.17) is 5.11 Å². The van der Waals surface area contributed by atoms with Crippen molar-refractivity contribution in [2.24, 2.45) is 0 Å². The van der Waals surface area contributed by atoms with Gasteiger partial charge in [0.2, 0.25) is 0 Å². The lowest BCUT2D eigenvalue weighted by molar-refractivity contribution is 0.138. The lowest BCUT2D eigenvalue weighted by Gasteiger charge is -2.32. The molecule has 0 aliphatic rings. The number of hydrogen-bond donors (Lipinski definition) is 1. The van der Waals surface area contributed by atoms with Gasteiger partial charge >= 0.3 is 6.03 Å². The number of nitrogens with zero attached hydrogens (tertiary/aromatic N) is 2. The van der Waals surface area contributed by atoms with Crippen LogP contribution < -0.4 is 0 Å². The molecule has 0 atom stereocenters. The van der Waals surface area contributed by atoms with E-state index in [0.29, 0.717) is 13.0 Å². The van der Waals surface area contributed by atoms with Crippen LogP contribution in [0.4, 0.5) is 4.79 Å². The van der Waals surface area contributed by atoms with Crippen molar-refractivity contribution in [2.75, 3.05) is 26.2 Å². The molecule has 0 aliphatic carbocycles. The molecule has 0 heterocycles. The van der Waals surface area contributed by atoms with Crippen LogP contribution in [0.3, 0.4) is 0 Å². The standard InChI is InChI=1S/C11H24N2O2/c1-5-12(6-2)11(15)13(10(3)4)8-7-9-14/h10,14H,5-9H2,1-4H3. The summed E-state index contributed by atoms with van der Waals surface area (Å²) in [5.41, 5.74) is 0. The van der Waals surface area contributed by atoms with E-state index in [2.05, 4.69) is 0 Å². The summed E-state index contributed by atoms with van der Waals surface area (Å²) >= 11 is 0. The number of rotatable bonds is 6. The zero-order valence-corrected chi connectivity index (χ0v) is 10.4. The molecule has 0 rings (SSSR count). The van der Waals surface area contributed by atoms with Crippen LogP contribution in [0.1, 0.15) is 34.1 Å². The van der Waals surface area contributed by atoms with E-state index in [1.165, 1.54) is 0 Å². The predicted octanol–water partition coefficient (Wildman–Crippen LogP) is 1.54. The number of amides is 2. The van der Waals surface area contributed by atoms with Gasteiger partial charge in [0, 0.05) is 32.3 Å². The highest BCUT2D eigenvalue weighted by Gasteiger charge is 2.20. The first kappa shape index (κ1) is 14.2. The molecule has 0 aromatic heterocycles. The first-order valence-electron chi connectivity index (χ1n) is 5.74. The zero-order valence-electron chi connectivity index (χ0n) is 10.4. The van der Waals surface area contributed by atoms with Gasteiger partial charge < -0.3 is 14.9 Å². The highest BCUT2D eigenvalue weighted by atomic mass is 16.3. The van der Waals surface area contributed by atoms with Crippen molar-refractivity contribution in [3.63, 3.8) is 0 Å². The molecule has 0 aromatic carbocycles. The molecule has 4 heteroatoms. The summed E-state index contributed by atoms with van der Waals surface area (Å²) in [5, 5.41) is 8.78. The molecular formula is C11H24N2O2. The van der Waals surface area contributed by atoms with Gasteiger partial charge in [0.25, 0.3) is 0 Å². The van der Waals surface area contributed by atoms with Crippen LogP contribution in [-0.2, 0) is 0 Å². The maximum Gasteiger partial charge on any atom is 0.320 e. The first-order valence-corrected chi connectivity index (χ1v) is 5.74. The van der Waals surface area contributed by atoms with Gasteiger partial charge in [0.05, 0.1) is 0 Å². The molecule has 0 spiro atoms. The third kappa shape index (κ3) is 4.51. The molecule has 0 radical (unpaired) electrons. The van der Waals surface area contributed by atoms with Gasteiger partial charge in [-0.1, -0.05) is 0 Å². The third-order valence-corrected chi connectivity index (χ3v) is 2.46. The van der Waals surface area contributed by atoms with E-state index in [1.807, 2.05) is 32.6 Å². The number of carbonyl (C=O) groups is 1. The summed E-state index contributed by atoms with van der Waals surface area (Å²) in [6.07, 6.45) is 0.644. The summed E-state index contributed by atoms with van der Waals surface area (Å²) in [4.78, 5) is 15.6. The third-order valence-electron chi connectivity index (χ3n) is 2.46.